The zero-order valence-corrected chi connectivity index (χ0v) is 17.1. The van der Waals surface area contributed by atoms with Gasteiger partial charge in [-0.25, -0.2) is 16.8 Å². The van der Waals surface area contributed by atoms with Crippen LogP contribution in [-0.4, -0.2) is 16.8 Å². The van der Waals surface area contributed by atoms with Crippen molar-refractivity contribution in [2.45, 2.75) is 23.0 Å². The minimum atomic E-state index is -3.87. The Morgan fingerprint density at radius 2 is 1.48 bits per heavy atom. The molecule has 0 saturated heterocycles. The van der Waals surface area contributed by atoms with Crippen molar-refractivity contribution in [2.24, 2.45) is 0 Å². The third kappa shape index (κ3) is 4.49. The predicted molar refractivity (Wildman–Crippen MR) is 108 cm³/mol. The van der Waals surface area contributed by atoms with E-state index in [1.54, 1.807) is 42.6 Å². The van der Waals surface area contributed by atoms with Gasteiger partial charge in [-0.3, -0.25) is 9.44 Å². The van der Waals surface area contributed by atoms with Crippen LogP contribution in [0.4, 0.5) is 11.4 Å². The number of rotatable bonds is 6. The first-order chi connectivity index (χ1) is 12.7. The van der Waals surface area contributed by atoms with Crippen LogP contribution in [-0.2, 0) is 20.0 Å². The molecule has 6 nitrogen and oxygen atoms in total. The fourth-order valence-electron chi connectivity index (χ4n) is 2.49. The van der Waals surface area contributed by atoms with Crippen LogP contribution in [0.1, 0.15) is 11.1 Å². The van der Waals surface area contributed by atoms with E-state index in [4.69, 9.17) is 0 Å². The number of aryl methyl sites for hydroxylation is 2. The van der Waals surface area contributed by atoms with Gasteiger partial charge < -0.3 is 0 Å². The quantitative estimate of drug-likeness (QED) is 0.629. The van der Waals surface area contributed by atoms with Crippen molar-refractivity contribution in [3.05, 3.63) is 71.1 Å². The first-order valence-electron chi connectivity index (χ1n) is 7.94. The maximum absolute atomic E-state index is 12.8. The van der Waals surface area contributed by atoms with Gasteiger partial charge in [-0.2, -0.15) is 0 Å². The maximum Gasteiger partial charge on any atom is 0.271 e. The number of thiophene rings is 1. The van der Waals surface area contributed by atoms with Crippen LogP contribution >= 0.6 is 11.3 Å². The molecule has 0 unspecified atom stereocenters. The lowest BCUT2D eigenvalue weighted by Gasteiger charge is -2.13. The highest BCUT2D eigenvalue weighted by Crippen LogP contribution is 2.26. The van der Waals surface area contributed by atoms with Gasteiger partial charge in [-0.05, 0) is 60.7 Å². The van der Waals surface area contributed by atoms with E-state index in [0.29, 0.717) is 11.3 Å². The Bertz CT molecular complexity index is 1170. The second-order valence-corrected chi connectivity index (χ2v) is 10.5. The van der Waals surface area contributed by atoms with Gasteiger partial charge in [0.1, 0.15) is 4.21 Å². The van der Waals surface area contributed by atoms with Crippen molar-refractivity contribution in [1.82, 2.24) is 0 Å². The fraction of sp³-hybridized carbons (Fsp3) is 0.111. The summed E-state index contributed by atoms with van der Waals surface area (Å²) in [4.78, 5) is 0.00962. The van der Waals surface area contributed by atoms with E-state index < -0.39 is 20.0 Å². The van der Waals surface area contributed by atoms with Crippen molar-refractivity contribution in [2.75, 3.05) is 9.44 Å². The minimum Gasteiger partial charge on any atom is -0.280 e. The Balaban J connectivity index is 1.93. The van der Waals surface area contributed by atoms with Crippen LogP contribution in [0.5, 0.6) is 0 Å². The molecule has 142 valence electrons. The normalized spacial score (nSPS) is 11.9. The molecule has 0 saturated carbocycles. The van der Waals surface area contributed by atoms with E-state index in [0.717, 1.165) is 16.9 Å². The molecular formula is C18H18N2O4S3. The topological polar surface area (TPSA) is 92.3 Å². The Labute approximate surface area is 163 Å². The van der Waals surface area contributed by atoms with Gasteiger partial charge in [-0.15, -0.1) is 11.3 Å². The highest BCUT2D eigenvalue weighted by atomic mass is 32.2. The van der Waals surface area contributed by atoms with Gasteiger partial charge in [0.2, 0.25) is 0 Å². The number of hydrogen-bond acceptors (Lipinski definition) is 5. The lowest BCUT2D eigenvalue weighted by atomic mass is 10.2. The molecular weight excluding hydrogens is 404 g/mol. The van der Waals surface area contributed by atoms with Crippen LogP contribution < -0.4 is 9.44 Å². The molecule has 2 aromatic carbocycles. The van der Waals surface area contributed by atoms with E-state index in [-0.39, 0.29) is 14.8 Å². The smallest absolute Gasteiger partial charge is 0.271 e. The molecule has 0 fully saturated rings. The summed E-state index contributed by atoms with van der Waals surface area (Å²) in [5.41, 5.74) is 2.05. The molecule has 0 radical (unpaired) electrons. The van der Waals surface area contributed by atoms with E-state index >= 15 is 0 Å². The molecule has 0 aliphatic rings. The molecule has 0 atom stereocenters. The molecule has 1 heterocycles. The number of anilines is 2. The Morgan fingerprint density at radius 3 is 2.15 bits per heavy atom. The van der Waals surface area contributed by atoms with Gasteiger partial charge >= 0.3 is 0 Å². The molecule has 0 aliphatic heterocycles. The molecule has 27 heavy (non-hydrogen) atoms. The summed E-state index contributed by atoms with van der Waals surface area (Å²) < 4.78 is 55.4. The van der Waals surface area contributed by atoms with Crippen LogP contribution in [0.15, 0.2) is 69.1 Å². The van der Waals surface area contributed by atoms with Crippen molar-refractivity contribution in [3.8, 4) is 0 Å². The highest BCUT2D eigenvalue weighted by molar-refractivity contribution is 7.94. The highest BCUT2D eigenvalue weighted by Gasteiger charge is 2.20. The molecule has 0 amide bonds. The van der Waals surface area contributed by atoms with Crippen molar-refractivity contribution in [1.29, 1.82) is 0 Å². The van der Waals surface area contributed by atoms with Gasteiger partial charge in [0.05, 0.1) is 10.6 Å². The second kappa shape index (κ2) is 7.34. The standard InChI is InChI=1S/C18H18N2O4S3/c1-13-5-3-6-15(11-13)19-26(21,22)17-12-16(9-8-14(17)2)20-27(23,24)18-7-4-10-25-18/h3-12,19-20H,1-2H3. The van der Waals surface area contributed by atoms with Gasteiger partial charge in [0, 0.05) is 5.69 Å². The molecule has 9 heteroatoms. The second-order valence-electron chi connectivity index (χ2n) is 5.99. The summed E-state index contributed by atoms with van der Waals surface area (Å²) in [6.07, 6.45) is 0. The fourth-order valence-corrected chi connectivity index (χ4v) is 5.86. The number of nitrogens with one attached hydrogen (secondary N) is 2. The lowest BCUT2D eigenvalue weighted by Crippen LogP contribution is -2.16. The summed E-state index contributed by atoms with van der Waals surface area (Å²) in [6.45, 7) is 3.52. The lowest BCUT2D eigenvalue weighted by molar-refractivity contribution is 0.599. The van der Waals surface area contributed by atoms with Crippen LogP contribution in [0.2, 0.25) is 0 Å². The summed E-state index contributed by atoms with van der Waals surface area (Å²) in [5.74, 6) is 0. The van der Waals surface area contributed by atoms with E-state index in [1.165, 1.54) is 18.2 Å². The summed E-state index contributed by atoms with van der Waals surface area (Å²) in [5, 5.41) is 1.66. The predicted octanol–water partition coefficient (Wildman–Crippen LogP) is 3.97. The van der Waals surface area contributed by atoms with Gasteiger partial charge in [-0.1, -0.05) is 24.3 Å². The van der Waals surface area contributed by atoms with Crippen molar-refractivity contribution >= 4 is 42.8 Å². The van der Waals surface area contributed by atoms with Crippen LogP contribution in [0, 0.1) is 13.8 Å². The summed E-state index contributed by atoms with van der Waals surface area (Å²) in [6, 6.07) is 14.5. The number of sulfonamides is 2. The average molecular weight is 423 g/mol. The Kier molecular flexibility index (Phi) is 5.27. The van der Waals surface area contributed by atoms with Gasteiger partial charge in [0.15, 0.2) is 0 Å². The minimum absolute atomic E-state index is 0.00962. The Hall–Kier alpha value is -2.36. The third-order valence-electron chi connectivity index (χ3n) is 3.76. The maximum atomic E-state index is 12.8. The van der Waals surface area contributed by atoms with E-state index in [1.807, 2.05) is 13.0 Å². The number of hydrogen-bond donors (Lipinski definition) is 2. The molecule has 0 spiro atoms. The third-order valence-corrected chi connectivity index (χ3v) is 8.06. The molecule has 0 bridgehead atoms. The van der Waals surface area contributed by atoms with Crippen LogP contribution in [0.3, 0.4) is 0 Å². The molecule has 3 aromatic rings. The van der Waals surface area contributed by atoms with Gasteiger partial charge in [0.25, 0.3) is 20.0 Å². The largest absolute Gasteiger partial charge is 0.280 e. The molecule has 3 rings (SSSR count). The zero-order valence-electron chi connectivity index (χ0n) is 14.6. The van der Waals surface area contributed by atoms with E-state index in [2.05, 4.69) is 9.44 Å². The molecule has 0 aliphatic carbocycles. The van der Waals surface area contributed by atoms with Crippen LogP contribution in [0.25, 0.3) is 0 Å². The van der Waals surface area contributed by atoms with Crippen molar-refractivity contribution < 1.29 is 16.8 Å². The SMILES string of the molecule is Cc1cccc(NS(=O)(=O)c2cc(NS(=O)(=O)c3cccs3)ccc2C)c1. The number of benzene rings is 2. The first-order valence-corrected chi connectivity index (χ1v) is 11.8. The van der Waals surface area contributed by atoms with E-state index in [9.17, 15) is 16.8 Å². The summed E-state index contributed by atoms with van der Waals surface area (Å²) >= 11 is 1.08. The monoisotopic (exact) mass is 422 g/mol. The average Bonchev–Trinajstić information content (AvgIpc) is 3.11. The summed E-state index contributed by atoms with van der Waals surface area (Å²) in [7, 11) is -7.63. The van der Waals surface area contributed by atoms with Crippen molar-refractivity contribution in [3.63, 3.8) is 0 Å². The molecule has 1 aromatic heterocycles. The Morgan fingerprint density at radius 1 is 0.778 bits per heavy atom. The first kappa shape index (κ1) is 19.4. The molecule has 2 N–H and O–H groups in total. The zero-order chi connectivity index (χ0) is 19.7.